The van der Waals surface area contributed by atoms with Crippen LogP contribution in [0.5, 0.6) is 0 Å². The molecule has 0 spiro atoms. The van der Waals surface area contributed by atoms with Crippen LogP contribution in [-0.4, -0.2) is 60.2 Å². The number of aliphatic imine (C=N–C) groups is 1. The number of ether oxygens (including phenoxy) is 2. The van der Waals surface area contributed by atoms with Gasteiger partial charge in [0.25, 0.3) is 0 Å². The van der Waals surface area contributed by atoms with Crippen molar-refractivity contribution < 1.29 is 9.47 Å². The monoisotopic (exact) mass is 364 g/mol. The Morgan fingerprint density at radius 3 is 3.00 bits per heavy atom. The molecule has 8 nitrogen and oxygen atoms in total. The zero-order chi connectivity index (χ0) is 18.2. The van der Waals surface area contributed by atoms with Gasteiger partial charge in [0.15, 0.2) is 11.8 Å². The molecule has 2 N–H and O–H groups in total. The van der Waals surface area contributed by atoms with Crippen molar-refractivity contribution >= 4 is 5.96 Å². The molecule has 3 rings (SSSR count). The molecular weight excluding hydrogens is 332 g/mol. The lowest BCUT2D eigenvalue weighted by Gasteiger charge is -2.25. The fraction of sp³-hybridized carbons (Fsp3) is 0.833. The van der Waals surface area contributed by atoms with Gasteiger partial charge in [-0.25, -0.2) is 9.67 Å². The van der Waals surface area contributed by atoms with E-state index in [9.17, 15) is 0 Å². The van der Waals surface area contributed by atoms with Gasteiger partial charge in [0, 0.05) is 45.9 Å². The van der Waals surface area contributed by atoms with Crippen LogP contribution < -0.4 is 10.6 Å². The van der Waals surface area contributed by atoms with E-state index in [0.717, 1.165) is 75.6 Å². The van der Waals surface area contributed by atoms with Gasteiger partial charge in [0.2, 0.25) is 0 Å². The van der Waals surface area contributed by atoms with Gasteiger partial charge in [0.05, 0.1) is 6.54 Å². The number of guanidine groups is 1. The summed E-state index contributed by atoms with van der Waals surface area (Å²) < 4.78 is 12.8. The summed E-state index contributed by atoms with van der Waals surface area (Å²) in [4.78, 5) is 9.20. The minimum atomic E-state index is 0.309. The molecule has 0 amide bonds. The highest BCUT2D eigenvalue weighted by Crippen LogP contribution is 2.28. The third-order valence-corrected chi connectivity index (χ3v) is 4.63. The molecule has 26 heavy (non-hydrogen) atoms. The third-order valence-electron chi connectivity index (χ3n) is 4.63. The van der Waals surface area contributed by atoms with Crippen molar-refractivity contribution in [2.75, 3.05) is 33.4 Å². The van der Waals surface area contributed by atoms with Crippen molar-refractivity contribution in [3.8, 4) is 0 Å². The lowest BCUT2D eigenvalue weighted by Crippen LogP contribution is -2.47. The van der Waals surface area contributed by atoms with Crippen molar-refractivity contribution in [3.05, 3.63) is 11.6 Å². The lowest BCUT2D eigenvalue weighted by atomic mass is 10.1. The Morgan fingerprint density at radius 1 is 1.35 bits per heavy atom. The van der Waals surface area contributed by atoms with E-state index in [1.807, 2.05) is 4.68 Å². The summed E-state index contributed by atoms with van der Waals surface area (Å²) in [7, 11) is 1.67. The Labute approximate surface area is 155 Å². The molecule has 0 saturated heterocycles. The van der Waals surface area contributed by atoms with Gasteiger partial charge in [0.1, 0.15) is 12.4 Å². The quantitative estimate of drug-likeness (QED) is 0.367. The SMILES string of the molecule is CCNC(=NCCCOCC1CC1)NC1CCc2nc(COC)nn2C1. The third kappa shape index (κ3) is 5.95. The first-order valence-electron chi connectivity index (χ1n) is 9.82. The maximum Gasteiger partial charge on any atom is 0.191 e. The van der Waals surface area contributed by atoms with E-state index in [-0.39, 0.29) is 0 Å². The zero-order valence-corrected chi connectivity index (χ0v) is 16.0. The second-order valence-electron chi connectivity index (χ2n) is 7.07. The van der Waals surface area contributed by atoms with Crippen LogP contribution in [0.1, 0.15) is 44.3 Å². The Hall–Kier alpha value is -1.67. The van der Waals surface area contributed by atoms with Gasteiger partial charge in [-0.3, -0.25) is 4.99 Å². The Balaban J connectivity index is 1.43. The van der Waals surface area contributed by atoms with Crippen molar-refractivity contribution in [3.63, 3.8) is 0 Å². The minimum Gasteiger partial charge on any atom is -0.381 e. The summed E-state index contributed by atoms with van der Waals surface area (Å²) in [6.07, 6.45) is 5.59. The van der Waals surface area contributed by atoms with Gasteiger partial charge < -0.3 is 20.1 Å². The predicted molar refractivity (Wildman–Crippen MR) is 100 cm³/mol. The van der Waals surface area contributed by atoms with E-state index in [2.05, 4.69) is 32.6 Å². The topological polar surface area (TPSA) is 85.6 Å². The molecule has 146 valence electrons. The molecule has 1 aromatic rings. The van der Waals surface area contributed by atoms with Crippen LogP contribution in [0.15, 0.2) is 4.99 Å². The molecule has 0 radical (unpaired) electrons. The Bertz CT molecular complexity index is 584. The number of nitrogens with zero attached hydrogens (tertiary/aromatic N) is 4. The maximum absolute atomic E-state index is 5.67. The summed E-state index contributed by atoms with van der Waals surface area (Å²) in [5.74, 6) is 3.51. The van der Waals surface area contributed by atoms with Crippen LogP contribution in [0.25, 0.3) is 0 Å². The van der Waals surface area contributed by atoms with Gasteiger partial charge in [-0.15, -0.1) is 0 Å². The number of hydrogen-bond acceptors (Lipinski definition) is 5. The van der Waals surface area contributed by atoms with E-state index in [1.165, 1.54) is 12.8 Å². The Kier molecular flexibility index (Phi) is 7.25. The molecule has 1 aromatic heterocycles. The molecule has 1 atom stereocenters. The highest BCUT2D eigenvalue weighted by molar-refractivity contribution is 5.80. The molecule has 2 heterocycles. The van der Waals surface area contributed by atoms with Crippen molar-refractivity contribution in [2.45, 2.75) is 58.2 Å². The van der Waals surface area contributed by atoms with E-state index < -0.39 is 0 Å². The summed E-state index contributed by atoms with van der Waals surface area (Å²) in [6, 6.07) is 0.309. The van der Waals surface area contributed by atoms with Gasteiger partial charge >= 0.3 is 0 Å². The number of hydrogen-bond donors (Lipinski definition) is 2. The number of aromatic nitrogens is 3. The first kappa shape index (κ1) is 19.1. The van der Waals surface area contributed by atoms with Crippen LogP contribution in [-0.2, 0) is 29.0 Å². The van der Waals surface area contributed by atoms with Crippen molar-refractivity contribution in [2.24, 2.45) is 10.9 Å². The Morgan fingerprint density at radius 2 is 2.23 bits per heavy atom. The largest absolute Gasteiger partial charge is 0.381 e. The second kappa shape index (κ2) is 9.87. The minimum absolute atomic E-state index is 0.309. The maximum atomic E-state index is 5.67. The summed E-state index contributed by atoms with van der Waals surface area (Å²) >= 11 is 0. The average molecular weight is 364 g/mol. The summed E-state index contributed by atoms with van der Waals surface area (Å²) in [5, 5.41) is 11.4. The van der Waals surface area contributed by atoms with Crippen LogP contribution >= 0.6 is 0 Å². The molecule has 1 unspecified atom stereocenters. The predicted octanol–water partition coefficient (Wildman–Crippen LogP) is 1.11. The number of fused-ring (bicyclic) bond motifs is 1. The lowest BCUT2D eigenvalue weighted by molar-refractivity contribution is 0.123. The van der Waals surface area contributed by atoms with Crippen LogP contribution in [0.2, 0.25) is 0 Å². The molecule has 0 bridgehead atoms. The molecule has 1 fully saturated rings. The fourth-order valence-corrected chi connectivity index (χ4v) is 3.07. The molecule has 0 aromatic carbocycles. The highest BCUT2D eigenvalue weighted by Gasteiger charge is 2.22. The molecule has 8 heteroatoms. The van der Waals surface area contributed by atoms with Crippen LogP contribution in [0.4, 0.5) is 0 Å². The number of nitrogens with one attached hydrogen (secondary N) is 2. The van der Waals surface area contributed by atoms with Gasteiger partial charge in [-0.1, -0.05) is 0 Å². The molecule has 1 aliphatic heterocycles. The zero-order valence-electron chi connectivity index (χ0n) is 16.0. The first-order valence-corrected chi connectivity index (χ1v) is 9.82. The van der Waals surface area contributed by atoms with E-state index in [4.69, 9.17) is 9.47 Å². The van der Waals surface area contributed by atoms with Crippen LogP contribution in [0, 0.1) is 5.92 Å². The van der Waals surface area contributed by atoms with Crippen molar-refractivity contribution in [1.82, 2.24) is 25.4 Å². The average Bonchev–Trinajstić information content (AvgIpc) is 3.36. The standard InChI is InChI=1S/C18H32N6O2/c1-3-19-18(20-9-4-10-26-12-14-5-6-14)21-15-7-8-17-22-16(13-25-2)23-24(17)11-15/h14-15H,3-13H2,1-2H3,(H2,19,20,21). The number of rotatable bonds is 10. The van der Waals surface area contributed by atoms with E-state index >= 15 is 0 Å². The molecular formula is C18H32N6O2. The summed E-state index contributed by atoms with van der Waals surface area (Å²) in [5.41, 5.74) is 0. The fourth-order valence-electron chi connectivity index (χ4n) is 3.07. The normalized spacial score (nSPS) is 20.1. The highest BCUT2D eigenvalue weighted by atomic mass is 16.5. The van der Waals surface area contributed by atoms with Crippen LogP contribution in [0.3, 0.4) is 0 Å². The molecule has 1 aliphatic carbocycles. The van der Waals surface area contributed by atoms with Crippen molar-refractivity contribution in [1.29, 1.82) is 0 Å². The second-order valence-corrected chi connectivity index (χ2v) is 7.07. The number of aryl methyl sites for hydroxylation is 1. The van der Waals surface area contributed by atoms with E-state index in [1.54, 1.807) is 7.11 Å². The number of methoxy groups -OCH3 is 1. The molecule has 1 saturated carbocycles. The molecule has 2 aliphatic rings. The van der Waals surface area contributed by atoms with Gasteiger partial charge in [-0.05, 0) is 38.5 Å². The summed E-state index contributed by atoms with van der Waals surface area (Å²) in [6.45, 7) is 6.71. The van der Waals surface area contributed by atoms with E-state index in [0.29, 0.717) is 12.6 Å². The smallest absolute Gasteiger partial charge is 0.191 e. The van der Waals surface area contributed by atoms with Gasteiger partial charge in [-0.2, -0.15) is 5.10 Å². The first-order chi connectivity index (χ1) is 12.8.